The quantitative estimate of drug-likeness (QED) is 0.282. The molecule has 1 heterocycles. The average Bonchev–Trinajstić information content (AvgIpc) is 3.17. The molecule has 0 radical (unpaired) electrons. The standard InChI is InChI=1S/C28H27N3O5/c1-4-36-27(35)17-10-12-19-22(14-17)31-25(32)23(19)24(16-8-6-5-7-9-16)30-18-11-13-21(28(2,3)29)20(15-18)26(33)34/h5-15,30H,4,29H2,1-3H3,(H,31,32)(H,33,34). The van der Waals surface area contributed by atoms with Crippen molar-refractivity contribution >= 4 is 40.5 Å². The first kappa shape index (κ1) is 24.7. The van der Waals surface area contributed by atoms with Crippen molar-refractivity contribution in [1.29, 1.82) is 0 Å². The maximum absolute atomic E-state index is 13.2. The van der Waals surface area contributed by atoms with E-state index in [0.29, 0.717) is 39.3 Å². The summed E-state index contributed by atoms with van der Waals surface area (Å²) in [6.07, 6.45) is 0. The van der Waals surface area contributed by atoms with Crippen molar-refractivity contribution in [2.24, 2.45) is 5.73 Å². The molecule has 0 unspecified atom stereocenters. The van der Waals surface area contributed by atoms with Gasteiger partial charge >= 0.3 is 11.9 Å². The van der Waals surface area contributed by atoms with Crippen LogP contribution in [0.2, 0.25) is 0 Å². The minimum Gasteiger partial charge on any atom is -0.478 e. The first-order chi connectivity index (χ1) is 17.1. The number of nitrogens with two attached hydrogens (primary N) is 1. The lowest BCUT2D eigenvalue weighted by Gasteiger charge is -2.23. The Kier molecular flexibility index (Phi) is 6.63. The van der Waals surface area contributed by atoms with Crippen molar-refractivity contribution < 1.29 is 24.2 Å². The molecule has 1 amide bonds. The second kappa shape index (κ2) is 9.67. The Morgan fingerprint density at radius 1 is 1.03 bits per heavy atom. The van der Waals surface area contributed by atoms with E-state index < -0.39 is 17.5 Å². The summed E-state index contributed by atoms with van der Waals surface area (Å²) in [6.45, 7) is 5.45. The number of ether oxygens (including phenoxy) is 1. The summed E-state index contributed by atoms with van der Waals surface area (Å²) in [7, 11) is 0. The number of aromatic carboxylic acids is 1. The van der Waals surface area contributed by atoms with Crippen LogP contribution in [0.3, 0.4) is 0 Å². The van der Waals surface area contributed by atoms with Gasteiger partial charge in [-0.15, -0.1) is 0 Å². The second-order valence-corrected chi connectivity index (χ2v) is 8.96. The maximum atomic E-state index is 13.2. The predicted molar refractivity (Wildman–Crippen MR) is 139 cm³/mol. The number of fused-ring (bicyclic) bond motifs is 1. The Hall–Kier alpha value is -4.43. The Morgan fingerprint density at radius 3 is 2.39 bits per heavy atom. The molecule has 8 nitrogen and oxygen atoms in total. The summed E-state index contributed by atoms with van der Waals surface area (Å²) < 4.78 is 5.07. The topological polar surface area (TPSA) is 131 Å². The molecule has 0 aliphatic carbocycles. The number of hydrogen-bond donors (Lipinski definition) is 4. The lowest BCUT2D eigenvalue weighted by Crippen LogP contribution is -2.31. The third-order valence-corrected chi connectivity index (χ3v) is 5.80. The van der Waals surface area contributed by atoms with Crippen molar-refractivity contribution in [2.45, 2.75) is 26.3 Å². The van der Waals surface area contributed by atoms with Gasteiger partial charge in [0.05, 0.1) is 34.7 Å². The largest absolute Gasteiger partial charge is 0.478 e. The summed E-state index contributed by atoms with van der Waals surface area (Å²) in [5.41, 5.74) is 9.39. The van der Waals surface area contributed by atoms with E-state index >= 15 is 0 Å². The van der Waals surface area contributed by atoms with Gasteiger partial charge in [-0.2, -0.15) is 0 Å². The molecule has 0 bridgehead atoms. The van der Waals surface area contributed by atoms with Gasteiger partial charge in [0.15, 0.2) is 0 Å². The Balaban J connectivity index is 1.85. The number of esters is 1. The number of carboxylic acid groups (broad SMARTS) is 1. The van der Waals surface area contributed by atoms with Gasteiger partial charge in [-0.05, 0) is 56.2 Å². The first-order valence-corrected chi connectivity index (χ1v) is 11.5. The van der Waals surface area contributed by atoms with Gasteiger partial charge in [0, 0.05) is 16.8 Å². The van der Waals surface area contributed by atoms with Gasteiger partial charge in [-0.3, -0.25) is 4.79 Å². The SMILES string of the molecule is CCOC(=O)c1ccc2c(c1)NC(=O)C2=C(Nc1ccc(C(C)(C)N)c(C(=O)O)c1)c1ccccc1. The number of nitrogens with one attached hydrogen (secondary N) is 2. The highest BCUT2D eigenvalue weighted by Crippen LogP contribution is 2.38. The number of carbonyl (C=O) groups is 3. The monoisotopic (exact) mass is 485 g/mol. The minimum absolute atomic E-state index is 0.0697. The van der Waals surface area contributed by atoms with Crippen molar-refractivity contribution in [2.75, 3.05) is 17.2 Å². The Bertz CT molecular complexity index is 1390. The average molecular weight is 486 g/mol. The molecular formula is C28H27N3O5. The van der Waals surface area contributed by atoms with Crippen LogP contribution in [0, 0.1) is 0 Å². The molecule has 0 spiro atoms. The molecule has 8 heteroatoms. The van der Waals surface area contributed by atoms with Crippen LogP contribution < -0.4 is 16.4 Å². The third kappa shape index (κ3) is 4.85. The smallest absolute Gasteiger partial charge is 0.338 e. The fourth-order valence-electron chi connectivity index (χ4n) is 4.15. The van der Waals surface area contributed by atoms with Crippen LogP contribution in [-0.2, 0) is 15.1 Å². The van der Waals surface area contributed by atoms with E-state index in [2.05, 4.69) is 10.6 Å². The number of rotatable bonds is 7. The zero-order chi connectivity index (χ0) is 26.0. The lowest BCUT2D eigenvalue weighted by molar-refractivity contribution is -0.110. The Labute approximate surface area is 208 Å². The zero-order valence-corrected chi connectivity index (χ0v) is 20.2. The minimum atomic E-state index is -1.10. The van der Waals surface area contributed by atoms with Crippen molar-refractivity contribution in [3.05, 3.63) is 94.5 Å². The number of carbonyl (C=O) groups excluding carboxylic acids is 2. The van der Waals surface area contributed by atoms with Crippen molar-refractivity contribution in [3.8, 4) is 0 Å². The van der Waals surface area contributed by atoms with Crippen LogP contribution in [0.4, 0.5) is 11.4 Å². The summed E-state index contributed by atoms with van der Waals surface area (Å²) >= 11 is 0. The molecule has 0 saturated carbocycles. The molecule has 4 rings (SSSR count). The molecule has 0 aromatic heterocycles. The number of carboxylic acids is 1. The fourth-order valence-corrected chi connectivity index (χ4v) is 4.15. The van der Waals surface area contributed by atoms with E-state index in [0.717, 1.165) is 5.56 Å². The summed E-state index contributed by atoms with van der Waals surface area (Å²) in [6, 6.07) is 19.1. The van der Waals surface area contributed by atoms with Crippen LogP contribution >= 0.6 is 0 Å². The highest BCUT2D eigenvalue weighted by molar-refractivity contribution is 6.37. The van der Waals surface area contributed by atoms with E-state index in [-0.39, 0.29) is 18.1 Å². The molecule has 0 saturated heterocycles. The highest BCUT2D eigenvalue weighted by Gasteiger charge is 2.30. The van der Waals surface area contributed by atoms with Crippen LogP contribution in [0.25, 0.3) is 11.3 Å². The number of hydrogen-bond acceptors (Lipinski definition) is 6. The van der Waals surface area contributed by atoms with Gasteiger partial charge in [0.1, 0.15) is 0 Å². The molecule has 0 fully saturated rings. The van der Waals surface area contributed by atoms with Gasteiger partial charge < -0.3 is 26.2 Å². The van der Waals surface area contributed by atoms with E-state index in [1.54, 1.807) is 51.1 Å². The second-order valence-electron chi connectivity index (χ2n) is 8.96. The predicted octanol–water partition coefficient (Wildman–Crippen LogP) is 4.69. The molecule has 1 aliphatic heterocycles. The van der Waals surface area contributed by atoms with Crippen molar-refractivity contribution in [1.82, 2.24) is 0 Å². The van der Waals surface area contributed by atoms with Crippen molar-refractivity contribution in [3.63, 3.8) is 0 Å². The maximum Gasteiger partial charge on any atom is 0.338 e. The molecule has 3 aromatic rings. The van der Waals surface area contributed by atoms with E-state index in [1.807, 2.05) is 30.3 Å². The summed E-state index contributed by atoms with van der Waals surface area (Å²) in [5.74, 6) is -1.93. The van der Waals surface area contributed by atoms with E-state index in [9.17, 15) is 19.5 Å². The van der Waals surface area contributed by atoms with Crippen LogP contribution in [0.5, 0.6) is 0 Å². The number of anilines is 2. The molecule has 36 heavy (non-hydrogen) atoms. The molecule has 184 valence electrons. The molecule has 3 aromatic carbocycles. The van der Waals surface area contributed by atoms with Gasteiger partial charge in [0.25, 0.3) is 5.91 Å². The molecule has 1 aliphatic rings. The van der Waals surface area contributed by atoms with Crippen LogP contribution in [0.15, 0.2) is 66.7 Å². The third-order valence-electron chi connectivity index (χ3n) is 5.80. The summed E-state index contributed by atoms with van der Waals surface area (Å²) in [5, 5.41) is 15.9. The summed E-state index contributed by atoms with van der Waals surface area (Å²) in [4.78, 5) is 37.3. The number of benzene rings is 3. The van der Waals surface area contributed by atoms with Crippen LogP contribution in [-0.4, -0.2) is 29.6 Å². The Morgan fingerprint density at radius 2 is 1.75 bits per heavy atom. The highest BCUT2D eigenvalue weighted by atomic mass is 16.5. The van der Waals surface area contributed by atoms with Crippen LogP contribution in [0.1, 0.15) is 58.2 Å². The molecule has 5 N–H and O–H groups in total. The van der Waals surface area contributed by atoms with E-state index in [1.165, 1.54) is 6.07 Å². The number of amides is 1. The van der Waals surface area contributed by atoms with Gasteiger partial charge in [0.2, 0.25) is 0 Å². The van der Waals surface area contributed by atoms with E-state index in [4.69, 9.17) is 10.5 Å². The molecule has 0 atom stereocenters. The normalized spacial score (nSPS) is 14.1. The zero-order valence-electron chi connectivity index (χ0n) is 20.2. The van der Waals surface area contributed by atoms with Gasteiger partial charge in [-0.25, -0.2) is 9.59 Å². The fraction of sp³-hybridized carbons (Fsp3) is 0.179. The first-order valence-electron chi connectivity index (χ1n) is 11.5. The molecular weight excluding hydrogens is 458 g/mol. The van der Waals surface area contributed by atoms with Gasteiger partial charge in [-0.1, -0.05) is 42.5 Å². The lowest BCUT2D eigenvalue weighted by atomic mass is 9.90.